The number of rotatable bonds is 5. The lowest BCUT2D eigenvalue weighted by molar-refractivity contribution is -0.137. The minimum atomic E-state index is -4.28. The van der Waals surface area contributed by atoms with Crippen molar-refractivity contribution in [1.29, 1.82) is 0 Å². The van der Waals surface area contributed by atoms with Crippen LogP contribution in [0.15, 0.2) is 24.3 Å². The number of hydrogen-bond donors (Lipinski definition) is 1. The van der Waals surface area contributed by atoms with Crippen LogP contribution >= 0.6 is 0 Å². The second-order valence-corrected chi connectivity index (χ2v) is 4.83. The standard InChI is InChI=1S/C14H20F3N/c1-3-5-10(2)13(18)9-11-6-4-7-12(8-11)14(15,16)17/h4,6-8,10,13H,3,5,9,18H2,1-2H3. The Kier molecular flexibility index (Phi) is 5.20. The molecular formula is C14H20F3N. The lowest BCUT2D eigenvalue weighted by Gasteiger charge is -2.19. The van der Waals surface area contributed by atoms with E-state index in [0.29, 0.717) is 17.9 Å². The largest absolute Gasteiger partial charge is 0.416 e. The summed E-state index contributed by atoms with van der Waals surface area (Å²) < 4.78 is 37.7. The van der Waals surface area contributed by atoms with E-state index in [1.165, 1.54) is 12.1 Å². The molecule has 1 aromatic rings. The zero-order valence-electron chi connectivity index (χ0n) is 10.8. The van der Waals surface area contributed by atoms with Gasteiger partial charge in [-0.25, -0.2) is 0 Å². The van der Waals surface area contributed by atoms with E-state index in [9.17, 15) is 13.2 Å². The summed E-state index contributed by atoms with van der Waals surface area (Å²) >= 11 is 0. The van der Waals surface area contributed by atoms with Crippen LogP contribution in [0.5, 0.6) is 0 Å². The zero-order chi connectivity index (χ0) is 13.8. The lowest BCUT2D eigenvalue weighted by atomic mass is 9.92. The van der Waals surface area contributed by atoms with Crippen molar-refractivity contribution in [1.82, 2.24) is 0 Å². The minimum absolute atomic E-state index is 0.0894. The fourth-order valence-electron chi connectivity index (χ4n) is 2.02. The Morgan fingerprint density at radius 3 is 2.50 bits per heavy atom. The topological polar surface area (TPSA) is 26.0 Å². The monoisotopic (exact) mass is 259 g/mol. The highest BCUT2D eigenvalue weighted by atomic mass is 19.4. The van der Waals surface area contributed by atoms with E-state index in [1.807, 2.05) is 6.92 Å². The van der Waals surface area contributed by atoms with E-state index >= 15 is 0 Å². The average Bonchev–Trinajstić information content (AvgIpc) is 2.28. The predicted molar refractivity (Wildman–Crippen MR) is 67.2 cm³/mol. The van der Waals surface area contributed by atoms with Gasteiger partial charge in [0.25, 0.3) is 0 Å². The van der Waals surface area contributed by atoms with Gasteiger partial charge in [-0.3, -0.25) is 0 Å². The molecule has 1 aromatic carbocycles. The maximum Gasteiger partial charge on any atom is 0.416 e. The SMILES string of the molecule is CCCC(C)C(N)Cc1cccc(C(F)(F)F)c1. The molecule has 0 aromatic heterocycles. The molecule has 0 heterocycles. The third-order valence-electron chi connectivity index (χ3n) is 3.20. The third kappa shape index (κ3) is 4.33. The normalized spacial score (nSPS) is 15.4. The summed E-state index contributed by atoms with van der Waals surface area (Å²) in [5.41, 5.74) is 6.06. The van der Waals surface area contributed by atoms with Crippen LogP contribution in [0.2, 0.25) is 0 Å². The van der Waals surface area contributed by atoms with E-state index in [4.69, 9.17) is 5.73 Å². The Bertz CT molecular complexity index is 374. The molecule has 0 spiro atoms. The van der Waals surface area contributed by atoms with Crippen LogP contribution in [-0.2, 0) is 12.6 Å². The molecule has 0 radical (unpaired) electrons. The molecule has 0 aliphatic carbocycles. The molecule has 1 rings (SSSR count). The van der Waals surface area contributed by atoms with E-state index in [0.717, 1.165) is 18.9 Å². The van der Waals surface area contributed by atoms with Crippen LogP contribution in [0.3, 0.4) is 0 Å². The van der Waals surface area contributed by atoms with E-state index < -0.39 is 11.7 Å². The van der Waals surface area contributed by atoms with Gasteiger partial charge in [0, 0.05) is 6.04 Å². The number of benzene rings is 1. The summed E-state index contributed by atoms with van der Waals surface area (Å²) in [6.45, 7) is 4.12. The summed E-state index contributed by atoms with van der Waals surface area (Å²) in [7, 11) is 0. The molecule has 0 bridgehead atoms. The first-order chi connectivity index (χ1) is 8.34. The van der Waals surface area contributed by atoms with Crippen LogP contribution in [0, 0.1) is 5.92 Å². The molecule has 0 saturated carbocycles. The molecule has 102 valence electrons. The molecular weight excluding hydrogens is 239 g/mol. The Morgan fingerprint density at radius 2 is 1.94 bits per heavy atom. The first kappa shape index (κ1) is 15.0. The fraction of sp³-hybridized carbons (Fsp3) is 0.571. The van der Waals surface area contributed by atoms with Crippen LogP contribution in [0.4, 0.5) is 13.2 Å². The van der Waals surface area contributed by atoms with Gasteiger partial charge in [0.15, 0.2) is 0 Å². The van der Waals surface area contributed by atoms with Crippen molar-refractivity contribution in [2.24, 2.45) is 11.7 Å². The molecule has 2 unspecified atom stereocenters. The van der Waals surface area contributed by atoms with E-state index in [1.54, 1.807) is 6.07 Å². The van der Waals surface area contributed by atoms with Crippen LogP contribution < -0.4 is 5.73 Å². The number of halogens is 3. The van der Waals surface area contributed by atoms with E-state index in [-0.39, 0.29) is 6.04 Å². The van der Waals surface area contributed by atoms with Gasteiger partial charge in [0.05, 0.1) is 5.56 Å². The maximum absolute atomic E-state index is 12.6. The lowest BCUT2D eigenvalue weighted by Crippen LogP contribution is -2.30. The van der Waals surface area contributed by atoms with Gasteiger partial charge in [0.1, 0.15) is 0 Å². The molecule has 18 heavy (non-hydrogen) atoms. The second kappa shape index (κ2) is 6.23. The highest BCUT2D eigenvalue weighted by Gasteiger charge is 2.30. The molecule has 2 N–H and O–H groups in total. The number of nitrogens with two attached hydrogens (primary N) is 1. The van der Waals surface area contributed by atoms with Gasteiger partial charge >= 0.3 is 6.18 Å². The smallest absolute Gasteiger partial charge is 0.327 e. The van der Waals surface area contributed by atoms with Crippen molar-refractivity contribution in [3.63, 3.8) is 0 Å². The second-order valence-electron chi connectivity index (χ2n) is 4.83. The molecule has 1 nitrogen and oxygen atoms in total. The molecule has 0 aliphatic rings. The molecule has 0 aliphatic heterocycles. The third-order valence-corrected chi connectivity index (χ3v) is 3.20. The first-order valence-corrected chi connectivity index (χ1v) is 6.26. The molecule has 0 fully saturated rings. The zero-order valence-corrected chi connectivity index (χ0v) is 10.8. The summed E-state index contributed by atoms with van der Waals surface area (Å²) in [6, 6.07) is 5.33. The average molecular weight is 259 g/mol. The predicted octanol–water partition coefficient (Wildman–Crippen LogP) is 4.01. The van der Waals surface area contributed by atoms with Crippen molar-refractivity contribution < 1.29 is 13.2 Å². The van der Waals surface area contributed by atoms with Crippen molar-refractivity contribution in [3.8, 4) is 0 Å². The van der Waals surface area contributed by atoms with E-state index in [2.05, 4.69) is 6.92 Å². The summed E-state index contributed by atoms with van der Waals surface area (Å²) in [5.74, 6) is 0.324. The Morgan fingerprint density at radius 1 is 1.28 bits per heavy atom. The van der Waals surface area contributed by atoms with Crippen LogP contribution in [0.25, 0.3) is 0 Å². The van der Waals surface area contributed by atoms with Crippen LogP contribution in [-0.4, -0.2) is 6.04 Å². The Labute approximate surface area is 106 Å². The van der Waals surface area contributed by atoms with Gasteiger partial charge in [-0.05, 0) is 30.4 Å². The quantitative estimate of drug-likeness (QED) is 0.849. The van der Waals surface area contributed by atoms with Gasteiger partial charge in [-0.15, -0.1) is 0 Å². The van der Waals surface area contributed by atoms with Crippen molar-refractivity contribution in [2.75, 3.05) is 0 Å². The highest BCUT2D eigenvalue weighted by Crippen LogP contribution is 2.29. The maximum atomic E-state index is 12.6. The molecule has 0 amide bonds. The fourth-order valence-corrected chi connectivity index (χ4v) is 2.02. The van der Waals surface area contributed by atoms with Crippen molar-refractivity contribution in [3.05, 3.63) is 35.4 Å². The highest BCUT2D eigenvalue weighted by molar-refractivity contribution is 5.26. The number of hydrogen-bond acceptors (Lipinski definition) is 1. The number of alkyl halides is 3. The minimum Gasteiger partial charge on any atom is -0.327 e. The van der Waals surface area contributed by atoms with Crippen molar-refractivity contribution in [2.45, 2.75) is 45.3 Å². The van der Waals surface area contributed by atoms with Gasteiger partial charge < -0.3 is 5.73 Å². The molecule has 4 heteroatoms. The Hall–Kier alpha value is -1.03. The van der Waals surface area contributed by atoms with Gasteiger partial charge in [-0.1, -0.05) is 38.5 Å². The molecule has 2 atom stereocenters. The van der Waals surface area contributed by atoms with Crippen LogP contribution in [0.1, 0.15) is 37.8 Å². The summed E-state index contributed by atoms with van der Waals surface area (Å²) in [6.07, 6.45) is -1.75. The molecule has 0 saturated heterocycles. The summed E-state index contributed by atoms with van der Waals surface area (Å²) in [4.78, 5) is 0. The van der Waals surface area contributed by atoms with Crippen molar-refractivity contribution >= 4 is 0 Å². The van der Waals surface area contributed by atoms with Gasteiger partial charge in [-0.2, -0.15) is 13.2 Å². The Balaban J connectivity index is 2.73. The van der Waals surface area contributed by atoms with Gasteiger partial charge in [0.2, 0.25) is 0 Å². The first-order valence-electron chi connectivity index (χ1n) is 6.26. The summed E-state index contributed by atoms with van der Waals surface area (Å²) in [5, 5.41) is 0.